The van der Waals surface area contributed by atoms with E-state index in [1.165, 1.54) is 0 Å². The maximum Gasteiger partial charge on any atom is 0.0962 e. The predicted molar refractivity (Wildman–Crippen MR) is 58.2 cm³/mol. The largest absolute Gasteiger partial charge is 0.376 e. The molecule has 1 atom stereocenters. The van der Waals surface area contributed by atoms with Crippen molar-refractivity contribution in [1.82, 2.24) is 15.0 Å². The van der Waals surface area contributed by atoms with Gasteiger partial charge in [0.1, 0.15) is 0 Å². The van der Waals surface area contributed by atoms with Gasteiger partial charge in [-0.05, 0) is 12.8 Å². The van der Waals surface area contributed by atoms with Gasteiger partial charge in [-0.25, -0.2) is 4.68 Å². The molecular weight excluding hydrogens is 192 g/mol. The lowest BCUT2D eigenvalue weighted by Crippen LogP contribution is -2.18. The molecule has 0 bridgehead atoms. The van der Waals surface area contributed by atoms with Gasteiger partial charge in [0.2, 0.25) is 0 Å². The first kappa shape index (κ1) is 12.1. The third kappa shape index (κ3) is 3.97. The molecule has 15 heavy (non-hydrogen) atoms. The Morgan fingerprint density at radius 3 is 2.73 bits per heavy atom. The normalized spacial score (nSPS) is 13.4. The van der Waals surface area contributed by atoms with Gasteiger partial charge in [-0.2, -0.15) is 0 Å². The molecule has 0 saturated heterocycles. The summed E-state index contributed by atoms with van der Waals surface area (Å²) < 4.78 is 7.39. The summed E-state index contributed by atoms with van der Waals surface area (Å²) >= 11 is 0. The van der Waals surface area contributed by atoms with Crippen LogP contribution in [-0.2, 0) is 17.8 Å². The van der Waals surface area contributed by atoms with E-state index in [9.17, 15) is 0 Å². The molecule has 0 saturated carbocycles. The van der Waals surface area contributed by atoms with Crippen LogP contribution in [0.3, 0.4) is 0 Å². The smallest absolute Gasteiger partial charge is 0.0962 e. The standard InChI is InChI=1S/C10H20N4O/c1-8(2)9(3)15-5-4-14-7-10(6-11)12-13-14/h7-9H,4-6,11H2,1-3H3. The quantitative estimate of drug-likeness (QED) is 0.757. The molecule has 1 unspecified atom stereocenters. The van der Waals surface area contributed by atoms with Crippen LogP contribution < -0.4 is 5.73 Å². The molecule has 0 amide bonds. The lowest BCUT2D eigenvalue weighted by atomic mass is 10.1. The Balaban J connectivity index is 2.25. The molecule has 0 aliphatic heterocycles. The lowest BCUT2D eigenvalue weighted by Gasteiger charge is -2.16. The van der Waals surface area contributed by atoms with Crippen molar-refractivity contribution in [3.8, 4) is 0 Å². The molecule has 0 radical (unpaired) electrons. The van der Waals surface area contributed by atoms with E-state index in [1.54, 1.807) is 4.68 Å². The molecule has 5 heteroatoms. The first-order valence-corrected chi connectivity index (χ1v) is 5.34. The van der Waals surface area contributed by atoms with Crippen LogP contribution in [0.25, 0.3) is 0 Å². The highest BCUT2D eigenvalue weighted by Crippen LogP contribution is 2.04. The van der Waals surface area contributed by atoms with Gasteiger partial charge >= 0.3 is 0 Å². The Morgan fingerprint density at radius 2 is 2.20 bits per heavy atom. The Bertz CT molecular complexity index is 285. The van der Waals surface area contributed by atoms with Gasteiger partial charge in [0.05, 0.1) is 24.9 Å². The predicted octanol–water partition coefficient (Wildman–Crippen LogP) is 0.798. The maximum atomic E-state index is 5.63. The summed E-state index contributed by atoms with van der Waals surface area (Å²) in [5.74, 6) is 0.542. The van der Waals surface area contributed by atoms with Crippen LogP contribution in [-0.4, -0.2) is 27.7 Å². The molecule has 0 fully saturated rings. The number of nitrogens with zero attached hydrogens (tertiary/aromatic N) is 3. The van der Waals surface area contributed by atoms with Crippen molar-refractivity contribution in [3.63, 3.8) is 0 Å². The average Bonchev–Trinajstić information content (AvgIpc) is 2.65. The average molecular weight is 212 g/mol. The van der Waals surface area contributed by atoms with Gasteiger partial charge < -0.3 is 10.5 Å². The summed E-state index contributed by atoms with van der Waals surface area (Å²) in [6.07, 6.45) is 2.13. The molecule has 1 aromatic heterocycles. The Kier molecular flexibility index (Phi) is 4.71. The summed E-state index contributed by atoms with van der Waals surface area (Å²) in [5.41, 5.74) is 6.24. The van der Waals surface area contributed by atoms with E-state index in [0.29, 0.717) is 19.1 Å². The van der Waals surface area contributed by atoms with Gasteiger partial charge in [0.25, 0.3) is 0 Å². The lowest BCUT2D eigenvalue weighted by molar-refractivity contribution is 0.0293. The van der Waals surface area contributed by atoms with Gasteiger partial charge in [-0.3, -0.25) is 0 Å². The third-order valence-electron chi connectivity index (χ3n) is 2.44. The topological polar surface area (TPSA) is 66.0 Å². The summed E-state index contributed by atoms with van der Waals surface area (Å²) in [5, 5.41) is 7.84. The van der Waals surface area contributed by atoms with Crippen molar-refractivity contribution < 1.29 is 4.74 Å². The van der Waals surface area contributed by atoms with Gasteiger partial charge in [-0.15, -0.1) is 5.10 Å². The van der Waals surface area contributed by atoms with E-state index in [-0.39, 0.29) is 6.10 Å². The monoisotopic (exact) mass is 212 g/mol. The van der Waals surface area contributed by atoms with Crippen molar-refractivity contribution in [2.45, 2.75) is 40.0 Å². The number of aromatic nitrogens is 3. The molecule has 86 valence electrons. The van der Waals surface area contributed by atoms with Gasteiger partial charge in [-0.1, -0.05) is 19.1 Å². The second-order valence-electron chi connectivity index (χ2n) is 4.00. The molecule has 1 rings (SSSR count). The van der Waals surface area contributed by atoms with E-state index in [2.05, 4.69) is 31.1 Å². The molecular formula is C10H20N4O. The van der Waals surface area contributed by atoms with E-state index in [1.807, 2.05) is 6.20 Å². The number of ether oxygens (including phenoxy) is 1. The molecule has 5 nitrogen and oxygen atoms in total. The van der Waals surface area contributed by atoms with Crippen molar-refractivity contribution in [3.05, 3.63) is 11.9 Å². The summed E-state index contributed by atoms with van der Waals surface area (Å²) in [6, 6.07) is 0. The SMILES string of the molecule is CC(C)C(C)OCCn1cc(CN)nn1. The van der Waals surface area contributed by atoms with Crippen LogP contribution in [0.2, 0.25) is 0 Å². The molecule has 0 spiro atoms. The molecule has 0 aliphatic rings. The van der Waals surface area contributed by atoms with Crippen molar-refractivity contribution in [1.29, 1.82) is 0 Å². The van der Waals surface area contributed by atoms with Crippen LogP contribution in [0.1, 0.15) is 26.5 Å². The zero-order chi connectivity index (χ0) is 11.3. The van der Waals surface area contributed by atoms with Crippen molar-refractivity contribution >= 4 is 0 Å². The fraction of sp³-hybridized carbons (Fsp3) is 0.800. The van der Waals surface area contributed by atoms with Crippen LogP contribution in [0, 0.1) is 5.92 Å². The third-order valence-corrected chi connectivity index (χ3v) is 2.44. The molecule has 0 aromatic carbocycles. The minimum atomic E-state index is 0.280. The van der Waals surface area contributed by atoms with Crippen LogP contribution in [0.15, 0.2) is 6.20 Å². The van der Waals surface area contributed by atoms with Crippen molar-refractivity contribution in [2.24, 2.45) is 11.7 Å². The van der Waals surface area contributed by atoms with E-state index in [0.717, 1.165) is 12.2 Å². The number of nitrogens with two attached hydrogens (primary N) is 1. The highest BCUT2D eigenvalue weighted by atomic mass is 16.5. The molecule has 0 aliphatic carbocycles. The molecule has 1 aromatic rings. The van der Waals surface area contributed by atoms with E-state index >= 15 is 0 Å². The van der Waals surface area contributed by atoms with Gasteiger partial charge in [0, 0.05) is 12.7 Å². The highest BCUT2D eigenvalue weighted by Gasteiger charge is 2.06. The minimum absolute atomic E-state index is 0.280. The summed E-state index contributed by atoms with van der Waals surface area (Å²) in [7, 11) is 0. The Labute approximate surface area is 90.6 Å². The fourth-order valence-corrected chi connectivity index (χ4v) is 1.07. The zero-order valence-corrected chi connectivity index (χ0v) is 9.68. The summed E-state index contributed by atoms with van der Waals surface area (Å²) in [6.45, 7) is 8.19. The fourth-order valence-electron chi connectivity index (χ4n) is 1.07. The van der Waals surface area contributed by atoms with E-state index < -0.39 is 0 Å². The minimum Gasteiger partial charge on any atom is -0.376 e. The van der Waals surface area contributed by atoms with E-state index in [4.69, 9.17) is 10.5 Å². The second-order valence-corrected chi connectivity index (χ2v) is 4.00. The second kappa shape index (κ2) is 5.82. The first-order valence-electron chi connectivity index (χ1n) is 5.34. The number of hydrogen-bond donors (Lipinski definition) is 1. The van der Waals surface area contributed by atoms with Gasteiger partial charge in [0.15, 0.2) is 0 Å². The Morgan fingerprint density at radius 1 is 1.47 bits per heavy atom. The van der Waals surface area contributed by atoms with Crippen molar-refractivity contribution in [2.75, 3.05) is 6.61 Å². The zero-order valence-electron chi connectivity index (χ0n) is 9.68. The van der Waals surface area contributed by atoms with Crippen LogP contribution >= 0.6 is 0 Å². The number of rotatable bonds is 6. The molecule has 2 N–H and O–H groups in total. The Hall–Kier alpha value is -0.940. The highest BCUT2D eigenvalue weighted by molar-refractivity contribution is 4.90. The summed E-state index contributed by atoms with van der Waals surface area (Å²) in [4.78, 5) is 0. The van der Waals surface area contributed by atoms with Crippen LogP contribution in [0.4, 0.5) is 0 Å². The number of hydrogen-bond acceptors (Lipinski definition) is 4. The maximum absolute atomic E-state index is 5.63. The van der Waals surface area contributed by atoms with Crippen LogP contribution in [0.5, 0.6) is 0 Å². The molecule has 1 heterocycles. The first-order chi connectivity index (χ1) is 7.13.